The lowest BCUT2D eigenvalue weighted by Gasteiger charge is -2.05. The van der Waals surface area contributed by atoms with Crippen molar-refractivity contribution in [2.75, 3.05) is 0 Å². The van der Waals surface area contributed by atoms with Crippen LogP contribution in [-0.4, -0.2) is 5.78 Å². The van der Waals surface area contributed by atoms with Crippen LogP contribution in [0.15, 0.2) is 78.9 Å². The lowest BCUT2D eigenvalue weighted by molar-refractivity contribution is 0.103. The van der Waals surface area contributed by atoms with Crippen LogP contribution in [-0.2, 0) is 0 Å². The summed E-state index contributed by atoms with van der Waals surface area (Å²) in [4.78, 5) is 12.5. The number of aryl methyl sites for hydroxylation is 1. The first-order valence-electron chi connectivity index (χ1n) is 7.01. The summed E-state index contributed by atoms with van der Waals surface area (Å²) in [5, 5.41) is 0. The molecular formula is C20H16O. The highest BCUT2D eigenvalue weighted by atomic mass is 16.1. The van der Waals surface area contributed by atoms with Crippen molar-refractivity contribution in [2.45, 2.75) is 6.92 Å². The highest BCUT2D eigenvalue weighted by molar-refractivity contribution is 6.09. The third kappa shape index (κ3) is 2.92. The Bertz CT molecular complexity index is 755. The summed E-state index contributed by atoms with van der Waals surface area (Å²) < 4.78 is 0. The van der Waals surface area contributed by atoms with E-state index in [2.05, 4.69) is 12.1 Å². The molecule has 0 fully saturated rings. The van der Waals surface area contributed by atoms with E-state index >= 15 is 0 Å². The monoisotopic (exact) mass is 272 g/mol. The van der Waals surface area contributed by atoms with Gasteiger partial charge in [0, 0.05) is 11.1 Å². The second-order valence-corrected chi connectivity index (χ2v) is 5.14. The first-order chi connectivity index (χ1) is 10.2. The molecule has 0 saturated heterocycles. The van der Waals surface area contributed by atoms with E-state index in [1.165, 1.54) is 0 Å². The minimum absolute atomic E-state index is 0.0628. The number of hydrogen-bond acceptors (Lipinski definition) is 1. The van der Waals surface area contributed by atoms with Crippen LogP contribution in [0.25, 0.3) is 11.1 Å². The Morgan fingerprint density at radius 2 is 1.33 bits per heavy atom. The molecule has 0 N–H and O–H groups in total. The zero-order chi connectivity index (χ0) is 14.7. The molecule has 0 saturated carbocycles. The third-order valence-corrected chi connectivity index (χ3v) is 3.55. The Balaban J connectivity index is 1.96. The number of benzene rings is 3. The number of carbonyl (C=O) groups is 1. The highest BCUT2D eigenvalue weighted by Gasteiger charge is 2.09. The fourth-order valence-corrected chi connectivity index (χ4v) is 2.34. The molecular weight excluding hydrogens is 256 g/mol. The molecule has 0 unspecified atom stereocenters. The molecule has 0 aromatic heterocycles. The van der Waals surface area contributed by atoms with Crippen molar-refractivity contribution in [3.63, 3.8) is 0 Å². The van der Waals surface area contributed by atoms with Crippen molar-refractivity contribution in [3.8, 4) is 11.1 Å². The minimum Gasteiger partial charge on any atom is -0.289 e. The Kier molecular flexibility index (Phi) is 3.65. The molecule has 1 nitrogen and oxygen atoms in total. The van der Waals surface area contributed by atoms with Crippen LogP contribution >= 0.6 is 0 Å². The van der Waals surface area contributed by atoms with Crippen LogP contribution in [0, 0.1) is 6.92 Å². The molecule has 0 bridgehead atoms. The molecule has 3 rings (SSSR count). The molecule has 0 heterocycles. The van der Waals surface area contributed by atoms with Crippen molar-refractivity contribution in [1.82, 2.24) is 0 Å². The maximum absolute atomic E-state index is 12.5. The van der Waals surface area contributed by atoms with E-state index in [0.717, 1.165) is 27.8 Å². The van der Waals surface area contributed by atoms with E-state index in [-0.39, 0.29) is 5.78 Å². The second-order valence-electron chi connectivity index (χ2n) is 5.14. The molecule has 0 spiro atoms. The molecule has 21 heavy (non-hydrogen) atoms. The molecule has 0 aliphatic heterocycles. The predicted molar refractivity (Wildman–Crippen MR) is 86.5 cm³/mol. The summed E-state index contributed by atoms with van der Waals surface area (Å²) in [6.07, 6.45) is 0. The zero-order valence-corrected chi connectivity index (χ0v) is 11.9. The Morgan fingerprint density at radius 3 is 2.05 bits per heavy atom. The van der Waals surface area contributed by atoms with Gasteiger partial charge in [-0.25, -0.2) is 0 Å². The van der Waals surface area contributed by atoms with E-state index < -0.39 is 0 Å². The average Bonchev–Trinajstić information content (AvgIpc) is 2.56. The fourth-order valence-electron chi connectivity index (χ4n) is 2.34. The summed E-state index contributed by atoms with van der Waals surface area (Å²) in [7, 11) is 0. The SMILES string of the molecule is Cc1ccc(C(=O)c2cccc(-c3ccccc3)c2)cc1. The standard InChI is InChI=1S/C20H16O/c1-15-10-12-17(13-11-15)20(21)19-9-5-8-18(14-19)16-6-3-2-4-7-16/h2-14H,1H3. The molecule has 0 radical (unpaired) electrons. The maximum atomic E-state index is 12.5. The molecule has 0 atom stereocenters. The lowest BCUT2D eigenvalue weighted by Crippen LogP contribution is -2.01. The fraction of sp³-hybridized carbons (Fsp3) is 0.0500. The van der Waals surface area contributed by atoms with Gasteiger partial charge < -0.3 is 0 Å². The van der Waals surface area contributed by atoms with E-state index in [0.29, 0.717) is 0 Å². The number of carbonyl (C=O) groups excluding carboxylic acids is 1. The van der Waals surface area contributed by atoms with Gasteiger partial charge in [0.2, 0.25) is 0 Å². The normalized spacial score (nSPS) is 10.3. The first-order valence-corrected chi connectivity index (χ1v) is 7.01. The molecule has 3 aromatic carbocycles. The van der Waals surface area contributed by atoms with Gasteiger partial charge in [-0.2, -0.15) is 0 Å². The molecule has 0 aliphatic carbocycles. The molecule has 1 heteroatoms. The van der Waals surface area contributed by atoms with Crippen molar-refractivity contribution in [2.24, 2.45) is 0 Å². The lowest BCUT2D eigenvalue weighted by atomic mass is 9.98. The zero-order valence-electron chi connectivity index (χ0n) is 11.9. The van der Waals surface area contributed by atoms with Crippen LogP contribution in [0.3, 0.4) is 0 Å². The smallest absolute Gasteiger partial charge is 0.193 e. The second kappa shape index (κ2) is 5.76. The van der Waals surface area contributed by atoms with Gasteiger partial charge in [0.1, 0.15) is 0 Å². The molecule has 0 amide bonds. The quantitative estimate of drug-likeness (QED) is 0.620. The van der Waals surface area contributed by atoms with Crippen LogP contribution in [0.1, 0.15) is 21.5 Å². The van der Waals surface area contributed by atoms with E-state index in [1.54, 1.807) is 0 Å². The Labute approximate surface area is 124 Å². The summed E-state index contributed by atoms with van der Waals surface area (Å²) in [5.74, 6) is 0.0628. The van der Waals surface area contributed by atoms with Gasteiger partial charge >= 0.3 is 0 Å². The first kappa shape index (κ1) is 13.3. The van der Waals surface area contributed by atoms with Crippen molar-refractivity contribution in [3.05, 3.63) is 95.6 Å². The molecule has 0 aliphatic rings. The Hall–Kier alpha value is -2.67. The number of rotatable bonds is 3. The summed E-state index contributed by atoms with van der Waals surface area (Å²) in [6, 6.07) is 25.6. The van der Waals surface area contributed by atoms with Gasteiger partial charge in [-0.3, -0.25) is 4.79 Å². The van der Waals surface area contributed by atoms with Crippen LogP contribution in [0.2, 0.25) is 0 Å². The molecule has 102 valence electrons. The topological polar surface area (TPSA) is 17.1 Å². The van der Waals surface area contributed by atoms with Gasteiger partial charge in [0.25, 0.3) is 0 Å². The van der Waals surface area contributed by atoms with Gasteiger partial charge in [0.15, 0.2) is 5.78 Å². The third-order valence-electron chi connectivity index (χ3n) is 3.55. The van der Waals surface area contributed by atoms with Gasteiger partial charge in [0.05, 0.1) is 0 Å². The van der Waals surface area contributed by atoms with E-state index in [1.807, 2.05) is 73.7 Å². The summed E-state index contributed by atoms with van der Waals surface area (Å²) >= 11 is 0. The van der Waals surface area contributed by atoms with Crippen molar-refractivity contribution >= 4 is 5.78 Å². The largest absolute Gasteiger partial charge is 0.289 e. The van der Waals surface area contributed by atoms with Gasteiger partial charge in [-0.05, 0) is 24.1 Å². The van der Waals surface area contributed by atoms with Crippen LogP contribution in [0.4, 0.5) is 0 Å². The maximum Gasteiger partial charge on any atom is 0.193 e. The van der Waals surface area contributed by atoms with E-state index in [4.69, 9.17) is 0 Å². The van der Waals surface area contributed by atoms with Crippen LogP contribution < -0.4 is 0 Å². The number of ketones is 1. The average molecular weight is 272 g/mol. The highest BCUT2D eigenvalue weighted by Crippen LogP contribution is 2.21. The predicted octanol–water partition coefficient (Wildman–Crippen LogP) is 4.89. The molecule has 3 aromatic rings. The Morgan fingerprint density at radius 1 is 0.667 bits per heavy atom. The van der Waals surface area contributed by atoms with Crippen LogP contribution in [0.5, 0.6) is 0 Å². The number of hydrogen-bond donors (Lipinski definition) is 0. The van der Waals surface area contributed by atoms with Crippen molar-refractivity contribution in [1.29, 1.82) is 0 Å². The van der Waals surface area contributed by atoms with E-state index in [9.17, 15) is 4.79 Å². The van der Waals surface area contributed by atoms with Crippen molar-refractivity contribution < 1.29 is 4.79 Å². The van der Waals surface area contributed by atoms with Gasteiger partial charge in [-0.15, -0.1) is 0 Å². The van der Waals surface area contributed by atoms with Gasteiger partial charge in [-0.1, -0.05) is 78.4 Å². The minimum atomic E-state index is 0.0628. The summed E-state index contributed by atoms with van der Waals surface area (Å²) in [6.45, 7) is 2.02. The summed E-state index contributed by atoms with van der Waals surface area (Å²) in [5.41, 5.74) is 4.79.